The molecule has 0 saturated heterocycles. The topological polar surface area (TPSA) is 50.7 Å². The summed E-state index contributed by atoms with van der Waals surface area (Å²) in [5.74, 6) is 0. The molecule has 1 N–H and O–H groups in total. The number of hydrogen-bond acceptors (Lipinski definition) is 5. The number of nitrogens with one attached hydrogen (secondary N) is 1. The highest BCUT2D eigenvalue weighted by Crippen LogP contribution is 2.28. The Balaban J connectivity index is 2.21. The fourth-order valence-electron chi connectivity index (χ4n) is 1.41. The zero-order valence-corrected chi connectivity index (χ0v) is 11.1. The van der Waals surface area contributed by atoms with E-state index in [4.69, 9.17) is 0 Å². The Kier molecular flexibility index (Phi) is 3.68. The van der Waals surface area contributed by atoms with Gasteiger partial charge in [0.15, 0.2) is 5.01 Å². The molecule has 17 heavy (non-hydrogen) atoms. The van der Waals surface area contributed by atoms with Crippen LogP contribution in [0.5, 0.6) is 0 Å². The molecule has 2 rings (SSSR count). The van der Waals surface area contributed by atoms with Gasteiger partial charge in [0.25, 0.3) is 0 Å². The van der Waals surface area contributed by atoms with E-state index in [2.05, 4.69) is 34.3 Å². The highest BCUT2D eigenvalue weighted by molar-refractivity contribution is 7.18. The van der Waals surface area contributed by atoms with Crippen LogP contribution in [0.25, 0.3) is 10.6 Å². The lowest BCUT2D eigenvalue weighted by molar-refractivity contribution is 0.760. The quantitative estimate of drug-likeness (QED) is 0.903. The number of pyridine rings is 1. The Morgan fingerprint density at radius 1 is 1.41 bits per heavy atom. The molecule has 90 valence electrons. The number of aryl methyl sites for hydroxylation is 1. The number of anilines is 1. The van der Waals surface area contributed by atoms with Gasteiger partial charge in [-0.1, -0.05) is 18.3 Å². The third kappa shape index (κ3) is 2.79. The van der Waals surface area contributed by atoms with Gasteiger partial charge >= 0.3 is 0 Å². The minimum Gasteiger partial charge on any atom is -0.358 e. The first-order valence-corrected chi connectivity index (χ1v) is 6.54. The van der Waals surface area contributed by atoms with Crippen LogP contribution in [0.15, 0.2) is 18.3 Å². The Morgan fingerprint density at radius 3 is 2.94 bits per heavy atom. The Bertz CT molecular complexity index is 495. The Labute approximate surface area is 105 Å². The zero-order valence-electron chi connectivity index (χ0n) is 10.3. The second-order valence-electron chi connectivity index (χ2n) is 4.00. The van der Waals surface area contributed by atoms with Crippen molar-refractivity contribution in [1.29, 1.82) is 0 Å². The summed E-state index contributed by atoms with van der Waals surface area (Å²) in [5.41, 5.74) is 2.04. The number of hydrogen-bond donors (Lipinski definition) is 1. The average Bonchev–Trinajstić information content (AvgIpc) is 2.78. The van der Waals surface area contributed by atoms with Crippen molar-refractivity contribution < 1.29 is 0 Å². The van der Waals surface area contributed by atoms with Crippen LogP contribution < -0.4 is 5.32 Å². The summed E-state index contributed by atoms with van der Waals surface area (Å²) in [6.45, 7) is 6.26. The van der Waals surface area contributed by atoms with Crippen LogP contribution in [0.1, 0.15) is 26.0 Å². The fourth-order valence-corrected chi connectivity index (χ4v) is 2.35. The van der Waals surface area contributed by atoms with E-state index < -0.39 is 0 Å². The monoisotopic (exact) mass is 248 g/mol. The maximum Gasteiger partial charge on any atom is 0.206 e. The molecule has 0 saturated carbocycles. The molecule has 1 atom stereocenters. The van der Waals surface area contributed by atoms with E-state index in [0.29, 0.717) is 6.04 Å². The molecule has 0 fully saturated rings. The van der Waals surface area contributed by atoms with Crippen molar-refractivity contribution in [3.8, 4) is 10.6 Å². The van der Waals surface area contributed by atoms with Gasteiger partial charge in [0.2, 0.25) is 5.13 Å². The van der Waals surface area contributed by atoms with E-state index in [1.54, 1.807) is 17.5 Å². The van der Waals surface area contributed by atoms with E-state index in [1.165, 1.54) is 0 Å². The Morgan fingerprint density at radius 2 is 2.24 bits per heavy atom. The zero-order chi connectivity index (χ0) is 12.3. The summed E-state index contributed by atoms with van der Waals surface area (Å²) >= 11 is 1.57. The molecule has 0 aliphatic heterocycles. The summed E-state index contributed by atoms with van der Waals surface area (Å²) in [7, 11) is 0. The maximum atomic E-state index is 4.26. The summed E-state index contributed by atoms with van der Waals surface area (Å²) in [6.07, 6.45) is 2.86. The van der Waals surface area contributed by atoms with Gasteiger partial charge in [-0.3, -0.25) is 4.98 Å². The lowest BCUT2D eigenvalue weighted by Crippen LogP contribution is -2.12. The normalized spacial score (nSPS) is 12.4. The first kappa shape index (κ1) is 12.0. The number of nitrogens with zero attached hydrogens (tertiary/aromatic N) is 3. The van der Waals surface area contributed by atoms with Crippen molar-refractivity contribution in [3.05, 3.63) is 24.0 Å². The fraction of sp³-hybridized carbons (Fsp3) is 0.417. The molecule has 0 aromatic carbocycles. The maximum absolute atomic E-state index is 4.26. The molecule has 2 aromatic rings. The summed E-state index contributed by atoms with van der Waals surface area (Å²) in [4.78, 5) is 4.26. The molecule has 0 aliphatic carbocycles. The van der Waals surface area contributed by atoms with E-state index in [-0.39, 0.29) is 0 Å². The van der Waals surface area contributed by atoms with Crippen LogP contribution in [0.2, 0.25) is 0 Å². The van der Waals surface area contributed by atoms with Crippen molar-refractivity contribution in [2.24, 2.45) is 0 Å². The third-order valence-corrected chi connectivity index (χ3v) is 3.53. The van der Waals surface area contributed by atoms with Gasteiger partial charge in [0.1, 0.15) is 0 Å². The number of aromatic nitrogens is 3. The van der Waals surface area contributed by atoms with Crippen molar-refractivity contribution in [1.82, 2.24) is 15.2 Å². The van der Waals surface area contributed by atoms with Gasteiger partial charge in [0, 0.05) is 23.5 Å². The molecular formula is C12H16N4S. The van der Waals surface area contributed by atoms with Gasteiger partial charge in [0.05, 0.1) is 0 Å². The Hall–Kier alpha value is -1.49. The van der Waals surface area contributed by atoms with Gasteiger partial charge in [-0.15, -0.1) is 10.2 Å². The smallest absolute Gasteiger partial charge is 0.206 e. The highest BCUT2D eigenvalue weighted by Gasteiger charge is 2.10. The van der Waals surface area contributed by atoms with E-state index in [0.717, 1.165) is 27.8 Å². The lowest BCUT2D eigenvalue weighted by atomic mass is 10.2. The lowest BCUT2D eigenvalue weighted by Gasteiger charge is -2.07. The minimum absolute atomic E-state index is 0.422. The van der Waals surface area contributed by atoms with E-state index >= 15 is 0 Å². The van der Waals surface area contributed by atoms with Gasteiger partial charge in [-0.2, -0.15) is 0 Å². The molecule has 1 unspecified atom stereocenters. The van der Waals surface area contributed by atoms with Gasteiger partial charge in [-0.25, -0.2) is 0 Å². The van der Waals surface area contributed by atoms with Crippen LogP contribution >= 0.6 is 11.3 Å². The van der Waals surface area contributed by atoms with Gasteiger partial charge < -0.3 is 5.32 Å². The van der Waals surface area contributed by atoms with Crippen molar-refractivity contribution >= 4 is 16.5 Å². The SMILES string of the molecule is CCC(C)Nc1nnc(-c2cccnc2C)s1. The van der Waals surface area contributed by atoms with Crippen LogP contribution in [0.3, 0.4) is 0 Å². The largest absolute Gasteiger partial charge is 0.358 e. The van der Waals surface area contributed by atoms with Crippen LogP contribution in [-0.2, 0) is 0 Å². The molecule has 0 spiro atoms. The first-order valence-electron chi connectivity index (χ1n) is 5.72. The van der Waals surface area contributed by atoms with Crippen molar-refractivity contribution in [3.63, 3.8) is 0 Å². The summed E-state index contributed by atoms with van der Waals surface area (Å²) < 4.78 is 0. The molecule has 2 heterocycles. The first-order chi connectivity index (χ1) is 8.20. The van der Waals surface area contributed by atoms with E-state index in [1.807, 2.05) is 19.1 Å². The molecular weight excluding hydrogens is 232 g/mol. The molecule has 0 radical (unpaired) electrons. The summed E-state index contributed by atoms with van der Waals surface area (Å²) in [5, 5.41) is 13.5. The molecule has 0 aliphatic rings. The molecule has 5 heteroatoms. The standard InChI is InChI=1S/C12H16N4S/c1-4-8(2)14-12-16-15-11(17-12)10-6-5-7-13-9(10)3/h5-8H,4H2,1-3H3,(H,14,16). The minimum atomic E-state index is 0.422. The average molecular weight is 248 g/mol. The molecule has 2 aromatic heterocycles. The number of rotatable bonds is 4. The summed E-state index contributed by atoms with van der Waals surface area (Å²) in [6, 6.07) is 4.37. The highest BCUT2D eigenvalue weighted by atomic mass is 32.1. The van der Waals surface area contributed by atoms with E-state index in [9.17, 15) is 0 Å². The van der Waals surface area contributed by atoms with Crippen molar-refractivity contribution in [2.45, 2.75) is 33.2 Å². The van der Waals surface area contributed by atoms with Crippen LogP contribution in [0.4, 0.5) is 5.13 Å². The van der Waals surface area contributed by atoms with Gasteiger partial charge in [-0.05, 0) is 32.4 Å². The molecule has 4 nitrogen and oxygen atoms in total. The second kappa shape index (κ2) is 5.23. The predicted molar refractivity (Wildman–Crippen MR) is 71.3 cm³/mol. The second-order valence-corrected chi connectivity index (χ2v) is 4.98. The van der Waals surface area contributed by atoms with Crippen LogP contribution in [-0.4, -0.2) is 21.2 Å². The van der Waals surface area contributed by atoms with Crippen molar-refractivity contribution in [2.75, 3.05) is 5.32 Å². The molecule has 0 amide bonds. The third-order valence-electron chi connectivity index (χ3n) is 2.64. The predicted octanol–water partition coefficient (Wildman–Crippen LogP) is 3.12. The van der Waals surface area contributed by atoms with Crippen LogP contribution in [0, 0.1) is 6.92 Å². The molecule has 0 bridgehead atoms.